The minimum absolute atomic E-state index is 0. The highest BCUT2D eigenvalue weighted by Crippen LogP contribution is 2.46. The Morgan fingerprint density at radius 3 is 2.79 bits per heavy atom. The van der Waals surface area contributed by atoms with Crippen LogP contribution in [0, 0.1) is 18.3 Å². The number of piperidine rings is 1. The smallest absolute Gasteiger partial charge is 0.228 e. The second-order valence-electron chi connectivity index (χ2n) is 9.55. The summed E-state index contributed by atoms with van der Waals surface area (Å²) in [7, 11) is 0. The van der Waals surface area contributed by atoms with Gasteiger partial charge < -0.3 is 19.9 Å². The number of morpholine rings is 1. The number of amides is 1. The molecule has 9 heteroatoms. The zero-order valence-corrected chi connectivity index (χ0v) is 21.5. The molecule has 2 saturated heterocycles. The van der Waals surface area contributed by atoms with Crippen LogP contribution in [0.1, 0.15) is 37.1 Å². The molecule has 0 spiro atoms. The van der Waals surface area contributed by atoms with Crippen molar-refractivity contribution in [2.75, 3.05) is 39.4 Å². The van der Waals surface area contributed by atoms with Gasteiger partial charge in [0, 0.05) is 44.6 Å². The summed E-state index contributed by atoms with van der Waals surface area (Å²) in [6, 6.07) is 8.85. The lowest BCUT2D eigenvalue weighted by molar-refractivity contribution is -0.140. The zero-order chi connectivity index (χ0) is 22.0. The minimum Gasteiger partial charge on any atom is -0.379 e. The second-order valence-corrected chi connectivity index (χ2v) is 9.55. The van der Waals surface area contributed by atoms with Crippen LogP contribution in [0.2, 0.25) is 0 Å². The van der Waals surface area contributed by atoms with Crippen LogP contribution in [0.5, 0.6) is 0 Å². The molecule has 2 aliphatic heterocycles. The summed E-state index contributed by atoms with van der Waals surface area (Å²) in [6.07, 6.45) is 8.05. The van der Waals surface area contributed by atoms with Gasteiger partial charge in [0.2, 0.25) is 5.91 Å². The largest absolute Gasteiger partial charge is 0.379 e. The highest BCUT2D eigenvalue weighted by molar-refractivity contribution is 5.85. The van der Waals surface area contributed by atoms with E-state index in [1.165, 1.54) is 0 Å². The van der Waals surface area contributed by atoms with Crippen molar-refractivity contribution in [3.63, 3.8) is 0 Å². The third-order valence-electron chi connectivity index (χ3n) is 7.90. The first-order chi connectivity index (χ1) is 15.7. The standard InChI is InChI=1S/C25H35N5O2.2ClH/c1-19-27-10-11-30(19)23-5-3-2-4-20(23)17-28-24(31)25-8-6-22(29-12-14-32-15-13-29)16-21(25)7-9-26-18-25;;/h2-5,10-11,21-22,26H,6-9,12-18H2,1H3,(H,28,31);2*1H/t21-,22+,25-;;/m1../s1. The van der Waals surface area contributed by atoms with E-state index in [0.29, 0.717) is 18.5 Å². The van der Waals surface area contributed by atoms with Gasteiger partial charge in [-0.2, -0.15) is 0 Å². The molecule has 0 radical (unpaired) electrons. The van der Waals surface area contributed by atoms with Crippen molar-refractivity contribution in [3.05, 3.63) is 48.0 Å². The van der Waals surface area contributed by atoms with E-state index in [0.717, 1.165) is 82.2 Å². The predicted molar refractivity (Wildman–Crippen MR) is 138 cm³/mol. The molecule has 3 heterocycles. The Labute approximate surface area is 214 Å². The van der Waals surface area contributed by atoms with E-state index in [1.54, 1.807) is 0 Å². The number of carbonyl (C=O) groups is 1. The molecule has 3 aliphatic rings. The summed E-state index contributed by atoms with van der Waals surface area (Å²) in [5.74, 6) is 1.60. The lowest BCUT2D eigenvalue weighted by Gasteiger charge is -2.51. The summed E-state index contributed by atoms with van der Waals surface area (Å²) in [5, 5.41) is 6.86. The molecule has 1 aromatic carbocycles. The van der Waals surface area contributed by atoms with E-state index in [1.807, 2.05) is 31.5 Å². The molecular weight excluding hydrogens is 473 g/mol. The van der Waals surface area contributed by atoms with Crippen molar-refractivity contribution < 1.29 is 9.53 Å². The predicted octanol–water partition coefficient (Wildman–Crippen LogP) is 3.12. The molecule has 3 atom stereocenters. The van der Waals surface area contributed by atoms with E-state index < -0.39 is 0 Å². The van der Waals surface area contributed by atoms with Crippen molar-refractivity contribution in [2.45, 2.75) is 45.2 Å². The average Bonchev–Trinajstić information content (AvgIpc) is 3.28. The highest BCUT2D eigenvalue weighted by atomic mass is 35.5. The Morgan fingerprint density at radius 1 is 1.24 bits per heavy atom. The average molecular weight is 511 g/mol. The number of nitrogens with one attached hydrogen (secondary N) is 2. The number of ether oxygens (including phenoxy) is 1. The van der Waals surface area contributed by atoms with Crippen LogP contribution in [-0.4, -0.2) is 65.8 Å². The van der Waals surface area contributed by atoms with Gasteiger partial charge in [0.25, 0.3) is 0 Å². The first-order valence-electron chi connectivity index (χ1n) is 12.1. The summed E-state index contributed by atoms with van der Waals surface area (Å²) < 4.78 is 7.63. The number of fused-ring (bicyclic) bond motifs is 1. The molecule has 2 N–H and O–H groups in total. The van der Waals surface area contributed by atoms with Crippen LogP contribution in [0.3, 0.4) is 0 Å². The molecule has 1 aromatic heterocycles. The van der Waals surface area contributed by atoms with Crippen LogP contribution in [0.15, 0.2) is 36.7 Å². The van der Waals surface area contributed by atoms with Gasteiger partial charge in [0.15, 0.2) is 0 Å². The van der Waals surface area contributed by atoms with Crippen LogP contribution in [0.25, 0.3) is 5.69 Å². The van der Waals surface area contributed by atoms with E-state index in [2.05, 4.69) is 37.2 Å². The number of benzene rings is 1. The Balaban J connectivity index is 0.00000162. The van der Waals surface area contributed by atoms with Gasteiger partial charge in [0.1, 0.15) is 5.82 Å². The lowest BCUT2D eigenvalue weighted by Crippen LogP contribution is -2.60. The van der Waals surface area contributed by atoms with Crippen molar-refractivity contribution >= 4 is 30.7 Å². The quantitative estimate of drug-likeness (QED) is 0.647. The van der Waals surface area contributed by atoms with E-state index in [-0.39, 0.29) is 36.1 Å². The topological polar surface area (TPSA) is 71.4 Å². The Hall–Kier alpha value is -1.64. The normalized spacial score (nSPS) is 27.1. The second kappa shape index (κ2) is 11.9. The van der Waals surface area contributed by atoms with Crippen molar-refractivity contribution in [1.82, 2.24) is 25.1 Å². The minimum atomic E-state index is -0.291. The highest BCUT2D eigenvalue weighted by Gasteiger charge is 2.50. The number of aryl methyl sites for hydroxylation is 1. The fourth-order valence-corrected chi connectivity index (χ4v) is 6.05. The molecule has 7 nitrogen and oxygen atoms in total. The molecule has 1 saturated carbocycles. The van der Waals surface area contributed by atoms with Gasteiger partial charge in [-0.15, -0.1) is 24.8 Å². The number of aromatic nitrogens is 2. The molecule has 34 heavy (non-hydrogen) atoms. The number of carbonyl (C=O) groups excluding carboxylic acids is 1. The molecule has 2 aromatic rings. The van der Waals surface area contributed by atoms with Crippen molar-refractivity contribution in [2.24, 2.45) is 11.3 Å². The van der Waals surface area contributed by atoms with Crippen molar-refractivity contribution in [3.8, 4) is 5.69 Å². The molecular formula is C25H37Cl2N5O2. The number of nitrogens with zero attached hydrogens (tertiary/aromatic N) is 3. The summed E-state index contributed by atoms with van der Waals surface area (Å²) >= 11 is 0. The van der Waals surface area contributed by atoms with Crippen LogP contribution in [-0.2, 0) is 16.1 Å². The fraction of sp³-hybridized carbons (Fsp3) is 0.600. The van der Waals surface area contributed by atoms with Crippen LogP contribution >= 0.6 is 24.8 Å². The van der Waals surface area contributed by atoms with Crippen molar-refractivity contribution in [1.29, 1.82) is 0 Å². The van der Waals surface area contributed by atoms with E-state index >= 15 is 0 Å². The summed E-state index contributed by atoms with van der Waals surface area (Å²) in [5.41, 5.74) is 1.90. The van der Waals surface area contributed by atoms with Gasteiger partial charge in [-0.25, -0.2) is 4.98 Å². The zero-order valence-electron chi connectivity index (χ0n) is 19.9. The maximum Gasteiger partial charge on any atom is 0.228 e. The Kier molecular flexibility index (Phi) is 9.41. The monoisotopic (exact) mass is 509 g/mol. The van der Waals surface area contributed by atoms with Gasteiger partial charge in [-0.1, -0.05) is 18.2 Å². The summed E-state index contributed by atoms with van der Waals surface area (Å²) in [4.78, 5) is 20.6. The van der Waals surface area contributed by atoms with E-state index in [4.69, 9.17) is 4.74 Å². The maximum absolute atomic E-state index is 13.7. The third kappa shape index (κ3) is 5.29. The molecule has 1 aliphatic carbocycles. The summed E-state index contributed by atoms with van der Waals surface area (Å²) in [6.45, 7) is 8.07. The molecule has 188 valence electrons. The number of hydrogen-bond acceptors (Lipinski definition) is 5. The van der Waals surface area contributed by atoms with Gasteiger partial charge in [-0.05, 0) is 56.7 Å². The van der Waals surface area contributed by atoms with E-state index in [9.17, 15) is 4.79 Å². The fourth-order valence-electron chi connectivity index (χ4n) is 6.05. The Bertz CT molecular complexity index is 949. The number of para-hydroxylation sites is 1. The molecule has 1 amide bonds. The SMILES string of the molecule is Cc1nccn1-c1ccccc1CNC(=O)[C@@]12CC[C@H](N3CCOCC3)C[C@H]1CCNC2.Cl.Cl. The maximum atomic E-state index is 13.7. The molecule has 3 fully saturated rings. The Morgan fingerprint density at radius 2 is 2.03 bits per heavy atom. The first-order valence-corrected chi connectivity index (χ1v) is 12.1. The number of halogens is 2. The number of imidazole rings is 1. The number of hydrogen-bond donors (Lipinski definition) is 2. The van der Waals surface area contributed by atoms with Gasteiger partial charge in [-0.3, -0.25) is 9.69 Å². The first kappa shape index (κ1) is 27.0. The van der Waals surface area contributed by atoms with Crippen LogP contribution in [0.4, 0.5) is 0 Å². The third-order valence-corrected chi connectivity index (χ3v) is 7.90. The molecule has 0 unspecified atom stereocenters. The molecule has 0 bridgehead atoms. The van der Waals surface area contributed by atoms with Gasteiger partial charge in [0.05, 0.1) is 24.3 Å². The number of rotatable bonds is 5. The van der Waals surface area contributed by atoms with Crippen LogP contribution < -0.4 is 10.6 Å². The van der Waals surface area contributed by atoms with Gasteiger partial charge >= 0.3 is 0 Å². The molecule has 5 rings (SSSR count). The lowest BCUT2D eigenvalue weighted by atomic mass is 9.61.